The number of carbonyl (C=O) groups is 1. The molecule has 1 aliphatic heterocycles. The third kappa shape index (κ3) is 5.44. The first kappa shape index (κ1) is 26.3. The second-order valence-electron chi connectivity index (χ2n) is 10.7. The number of carbonyl (C=O) groups excluding carboxylic acids is 1. The number of para-hydroxylation sites is 1. The normalized spacial score (nSPS) is 16.3. The van der Waals surface area contributed by atoms with Crippen LogP contribution >= 0.6 is 0 Å². The molecular weight excluding hydrogens is 478 g/mol. The highest BCUT2D eigenvalue weighted by Crippen LogP contribution is 2.33. The Morgan fingerprint density at radius 1 is 1.00 bits per heavy atom. The molecule has 1 aliphatic carbocycles. The third-order valence-corrected chi connectivity index (χ3v) is 8.32. The fourth-order valence-corrected chi connectivity index (χ4v) is 6.08. The van der Waals surface area contributed by atoms with Crippen LogP contribution in [0.5, 0.6) is 11.5 Å². The molecule has 202 valence electrons. The molecule has 0 unspecified atom stereocenters. The first-order valence-electron chi connectivity index (χ1n) is 13.8. The molecule has 1 saturated carbocycles. The van der Waals surface area contributed by atoms with Gasteiger partial charge in [-0.2, -0.15) is 0 Å². The van der Waals surface area contributed by atoms with Gasteiger partial charge in [-0.05, 0) is 60.0 Å². The fraction of sp³-hybridized carbons (Fsp3) is 0.484. The Labute approximate surface area is 224 Å². The van der Waals surface area contributed by atoms with Gasteiger partial charge in [0.05, 0.1) is 26.3 Å². The van der Waals surface area contributed by atoms with Crippen LogP contribution in [-0.2, 0) is 31.4 Å². The van der Waals surface area contributed by atoms with E-state index in [0.29, 0.717) is 18.7 Å². The lowest BCUT2D eigenvalue weighted by molar-refractivity contribution is -0.137. The molecule has 38 heavy (non-hydrogen) atoms. The minimum Gasteiger partial charge on any atom is -0.493 e. The predicted octanol–water partition coefficient (Wildman–Crippen LogP) is 4.52. The van der Waals surface area contributed by atoms with Gasteiger partial charge in [-0.15, -0.1) is 0 Å². The Morgan fingerprint density at radius 3 is 2.45 bits per heavy atom. The van der Waals surface area contributed by atoms with Gasteiger partial charge in [0.15, 0.2) is 11.5 Å². The molecule has 0 atom stereocenters. The lowest BCUT2D eigenvalue weighted by atomic mass is 9.88. The Morgan fingerprint density at radius 2 is 1.71 bits per heavy atom. The standard InChI is InChI=1S/C31H39N3O4/c1-32-27-12-8-7-11-24(27)17-26(30(32)35)21-34(31(36)22-9-5-4-6-10-22)16-15-33-14-13-23-18-28(37-2)29(38-3)19-25(23)20-33/h7-8,11-12,17-19,22H,4-6,9-10,13-16,20-21H2,1-3H3. The molecule has 1 fully saturated rings. The third-order valence-electron chi connectivity index (χ3n) is 8.32. The number of methoxy groups -OCH3 is 2. The lowest BCUT2D eigenvalue weighted by Gasteiger charge is -2.34. The van der Waals surface area contributed by atoms with Crippen molar-refractivity contribution in [3.63, 3.8) is 0 Å². The molecule has 7 nitrogen and oxygen atoms in total. The van der Waals surface area contributed by atoms with Crippen molar-refractivity contribution in [1.29, 1.82) is 0 Å². The quantitative estimate of drug-likeness (QED) is 0.440. The van der Waals surface area contributed by atoms with Crippen LogP contribution in [0.2, 0.25) is 0 Å². The predicted molar refractivity (Wildman–Crippen MR) is 150 cm³/mol. The number of nitrogens with zero attached hydrogens (tertiary/aromatic N) is 3. The first-order valence-corrected chi connectivity index (χ1v) is 13.8. The molecule has 0 saturated heterocycles. The van der Waals surface area contributed by atoms with Crippen LogP contribution in [0.15, 0.2) is 47.3 Å². The van der Waals surface area contributed by atoms with Crippen molar-refractivity contribution in [2.75, 3.05) is 33.9 Å². The smallest absolute Gasteiger partial charge is 0.255 e. The van der Waals surface area contributed by atoms with Crippen LogP contribution in [-0.4, -0.2) is 54.1 Å². The molecular formula is C31H39N3O4. The molecule has 3 aromatic rings. The molecule has 0 bridgehead atoms. The Kier molecular flexibility index (Phi) is 8.03. The molecule has 2 heterocycles. The summed E-state index contributed by atoms with van der Waals surface area (Å²) < 4.78 is 12.7. The average Bonchev–Trinajstić information content (AvgIpc) is 2.96. The minimum absolute atomic E-state index is 0.0295. The summed E-state index contributed by atoms with van der Waals surface area (Å²) in [5.74, 6) is 1.77. The molecule has 0 spiro atoms. The zero-order chi connectivity index (χ0) is 26.6. The largest absolute Gasteiger partial charge is 0.493 e. The number of aryl methyl sites for hydroxylation is 1. The van der Waals surface area contributed by atoms with E-state index in [1.165, 1.54) is 17.5 Å². The zero-order valence-corrected chi connectivity index (χ0v) is 22.9. The molecule has 2 aromatic carbocycles. The van der Waals surface area contributed by atoms with E-state index in [0.717, 1.165) is 74.1 Å². The van der Waals surface area contributed by atoms with E-state index in [1.54, 1.807) is 18.8 Å². The number of rotatable bonds is 8. The number of pyridine rings is 1. The van der Waals surface area contributed by atoms with Crippen LogP contribution in [0.3, 0.4) is 0 Å². The number of ether oxygens (including phenoxy) is 2. The van der Waals surface area contributed by atoms with Crippen molar-refractivity contribution in [3.8, 4) is 11.5 Å². The SMILES string of the molecule is COc1cc2c(cc1OC)CN(CCN(Cc1cc3ccccc3n(C)c1=O)C(=O)C1CCCCC1)CC2. The van der Waals surface area contributed by atoms with Crippen LogP contribution in [0, 0.1) is 5.92 Å². The van der Waals surface area contributed by atoms with Crippen molar-refractivity contribution in [2.24, 2.45) is 13.0 Å². The Hall–Kier alpha value is -3.32. The molecule has 2 aliphatic rings. The highest BCUT2D eigenvalue weighted by atomic mass is 16.5. The van der Waals surface area contributed by atoms with E-state index in [-0.39, 0.29) is 17.4 Å². The van der Waals surface area contributed by atoms with E-state index in [4.69, 9.17) is 9.47 Å². The Bertz CT molecular complexity index is 1360. The number of hydrogen-bond donors (Lipinski definition) is 0. The van der Waals surface area contributed by atoms with E-state index in [2.05, 4.69) is 17.0 Å². The maximum absolute atomic E-state index is 13.8. The average molecular weight is 518 g/mol. The van der Waals surface area contributed by atoms with Crippen molar-refractivity contribution in [3.05, 3.63) is 69.5 Å². The molecule has 0 radical (unpaired) electrons. The highest BCUT2D eigenvalue weighted by Gasteiger charge is 2.28. The lowest BCUT2D eigenvalue weighted by Crippen LogP contribution is -2.43. The van der Waals surface area contributed by atoms with Gasteiger partial charge in [-0.1, -0.05) is 37.5 Å². The number of amides is 1. The fourth-order valence-electron chi connectivity index (χ4n) is 6.08. The monoisotopic (exact) mass is 517 g/mol. The van der Waals surface area contributed by atoms with Gasteiger partial charge in [0.2, 0.25) is 5.91 Å². The second kappa shape index (κ2) is 11.6. The van der Waals surface area contributed by atoms with Crippen LogP contribution < -0.4 is 15.0 Å². The maximum atomic E-state index is 13.8. The molecule has 7 heteroatoms. The molecule has 0 N–H and O–H groups in total. The van der Waals surface area contributed by atoms with Gasteiger partial charge in [0, 0.05) is 44.7 Å². The number of fused-ring (bicyclic) bond motifs is 2. The highest BCUT2D eigenvalue weighted by molar-refractivity contribution is 5.81. The van der Waals surface area contributed by atoms with Crippen molar-refractivity contribution in [2.45, 2.75) is 51.6 Å². The van der Waals surface area contributed by atoms with Crippen molar-refractivity contribution < 1.29 is 14.3 Å². The van der Waals surface area contributed by atoms with E-state index < -0.39 is 0 Å². The summed E-state index contributed by atoms with van der Waals surface area (Å²) in [6, 6.07) is 14.0. The van der Waals surface area contributed by atoms with Gasteiger partial charge in [-0.25, -0.2) is 0 Å². The van der Waals surface area contributed by atoms with Crippen molar-refractivity contribution in [1.82, 2.24) is 14.4 Å². The summed E-state index contributed by atoms with van der Waals surface area (Å²) in [5.41, 5.74) is 4.08. The summed E-state index contributed by atoms with van der Waals surface area (Å²) in [7, 11) is 5.15. The van der Waals surface area contributed by atoms with Gasteiger partial charge in [0.1, 0.15) is 0 Å². The second-order valence-corrected chi connectivity index (χ2v) is 10.7. The Balaban J connectivity index is 1.36. The minimum atomic E-state index is -0.0295. The summed E-state index contributed by atoms with van der Waals surface area (Å²) in [6.45, 7) is 3.45. The molecule has 1 amide bonds. The van der Waals surface area contributed by atoms with Gasteiger partial charge in [-0.3, -0.25) is 14.5 Å². The summed E-state index contributed by atoms with van der Waals surface area (Å²) in [6.07, 6.45) is 6.24. The van der Waals surface area contributed by atoms with Gasteiger partial charge in [0.25, 0.3) is 5.56 Å². The number of hydrogen-bond acceptors (Lipinski definition) is 5. The van der Waals surface area contributed by atoms with Crippen molar-refractivity contribution >= 4 is 16.8 Å². The molecule has 5 rings (SSSR count). The van der Waals surface area contributed by atoms with E-state index in [9.17, 15) is 9.59 Å². The maximum Gasteiger partial charge on any atom is 0.255 e. The van der Waals surface area contributed by atoms with Gasteiger partial charge >= 0.3 is 0 Å². The van der Waals surface area contributed by atoms with Crippen LogP contribution in [0.4, 0.5) is 0 Å². The van der Waals surface area contributed by atoms with Crippen LogP contribution in [0.1, 0.15) is 48.8 Å². The van der Waals surface area contributed by atoms with E-state index >= 15 is 0 Å². The number of benzene rings is 2. The first-order chi connectivity index (χ1) is 18.5. The summed E-state index contributed by atoms with van der Waals surface area (Å²) in [4.78, 5) is 31.4. The topological polar surface area (TPSA) is 64.0 Å². The van der Waals surface area contributed by atoms with E-state index in [1.807, 2.05) is 42.3 Å². The molecule has 1 aromatic heterocycles. The summed E-state index contributed by atoms with van der Waals surface area (Å²) in [5, 5.41) is 1.02. The number of aromatic nitrogens is 1. The zero-order valence-electron chi connectivity index (χ0n) is 22.9. The van der Waals surface area contributed by atoms with Gasteiger partial charge < -0.3 is 18.9 Å². The van der Waals surface area contributed by atoms with Crippen LogP contribution in [0.25, 0.3) is 10.9 Å². The summed E-state index contributed by atoms with van der Waals surface area (Å²) >= 11 is 0.